The van der Waals surface area contributed by atoms with Crippen molar-refractivity contribution in [2.45, 2.75) is 70.2 Å². The second kappa shape index (κ2) is 12.1. The number of aliphatic carboxylic acids is 1. The maximum Gasteiger partial charge on any atom is 0.303 e. The lowest BCUT2D eigenvalue weighted by molar-refractivity contribution is -0.137. The fourth-order valence-corrected chi connectivity index (χ4v) is 10.0. The number of halogens is 1. The number of allylic oxidation sites excluding steroid dienone is 2. The molecule has 0 aromatic heterocycles. The van der Waals surface area contributed by atoms with E-state index in [1.165, 1.54) is 0 Å². The van der Waals surface area contributed by atoms with Gasteiger partial charge >= 0.3 is 5.97 Å². The molecule has 2 N–H and O–H groups in total. The number of alkyl halides is 1. The first-order chi connectivity index (χ1) is 16.7. The topological polar surface area (TPSA) is 66.8 Å². The fraction of sp³-hybridized carbons (Fsp3) is 0.483. The van der Waals surface area contributed by atoms with Gasteiger partial charge in [0.2, 0.25) is 0 Å². The molecule has 35 heavy (non-hydrogen) atoms. The summed E-state index contributed by atoms with van der Waals surface area (Å²) in [6, 6.07) is 20.6. The molecule has 0 amide bonds. The molecule has 3 rings (SSSR count). The Morgan fingerprint density at radius 3 is 2.11 bits per heavy atom. The van der Waals surface area contributed by atoms with Crippen LogP contribution in [0.1, 0.15) is 52.9 Å². The predicted molar refractivity (Wildman–Crippen MR) is 141 cm³/mol. The van der Waals surface area contributed by atoms with Crippen molar-refractivity contribution in [2.75, 3.05) is 6.61 Å². The summed E-state index contributed by atoms with van der Waals surface area (Å²) >= 11 is 0. The highest BCUT2D eigenvalue weighted by atomic mass is 28.4. The quantitative estimate of drug-likeness (QED) is 0.257. The van der Waals surface area contributed by atoms with Crippen LogP contribution in [0, 0.1) is 11.8 Å². The van der Waals surface area contributed by atoms with Gasteiger partial charge in [-0.3, -0.25) is 4.79 Å². The van der Waals surface area contributed by atoms with Crippen LogP contribution in [0.4, 0.5) is 4.39 Å². The third-order valence-electron chi connectivity index (χ3n) is 7.22. The predicted octanol–water partition coefficient (Wildman–Crippen LogP) is 5.10. The second-order valence-electron chi connectivity index (χ2n) is 10.6. The van der Waals surface area contributed by atoms with Crippen molar-refractivity contribution in [1.29, 1.82) is 0 Å². The first-order valence-corrected chi connectivity index (χ1v) is 14.5. The summed E-state index contributed by atoms with van der Waals surface area (Å²) in [7, 11) is -2.78. The standard InChI is InChI=1S/C29H39FO4Si/c1-29(2,3)35(22-14-8-6-9-15-22,23-16-10-7-11-17-23)34-21-25-24(27(31)20-26(25)30)18-12-4-5-13-19-28(32)33/h4,6-12,14-17,24-27,31H,5,13,18-21H2,1-3H3,(H,32,33)/t24-,25-,26+,27+/m1/s1. The van der Waals surface area contributed by atoms with Crippen molar-refractivity contribution in [3.63, 3.8) is 0 Å². The minimum atomic E-state index is -2.78. The van der Waals surface area contributed by atoms with Crippen LogP contribution in [0.15, 0.2) is 72.8 Å². The summed E-state index contributed by atoms with van der Waals surface area (Å²) in [4.78, 5) is 10.7. The SMILES string of the molecule is CC(C)(C)[Si](OC[C@@H]1[C@@H](CC=CCCCC(=O)O)[C@@H](O)C[C@@H]1F)(c1ccccc1)c1ccccc1. The second-order valence-corrected chi connectivity index (χ2v) is 14.9. The first kappa shape index (κ1) is 27.3. The number of carboxylic acid groups (broad SMARTS) is 1. The molecule has 0 unspecified atom stereocenters. The number of benzene rings is 2. The van der Waals surface area contributed by atoms with Crippen LogP contribution in [0.5, 0.6) is 0 Å². The van der Waals surface area contributed by atoms with Crippen molar-refractivity contribution in [3.05, 3.63) is 72.8 Å². The molecule has 6 heteroatoms. The van der Waals surface area contributed by atoms with Crippen molar-refractivity contribution in [2.24, 2.45) is 11.8 Å². The Balaban J connectivity index is 1.84. The monoisotopic (exact) mass is 498 g/mol. The Hall–Kier alpha value is -2.28. The van der Waals surface area contributed by atoms with E-state index in [1.807, 2.05) is 48.6 Å². The third-order valence-corrected chi connectivity index (χ3v) is 12.2. The number of aliphatic hydroxyl groups excluding tert-OH is 1. The van der Waals surface area contributed by atoms with Crippen LogP contribution in [0.25, 0.3) is 0 Å². The minimum Gasteiger partial charge on any atom is -0.481 e. The number of rotatable bonds is 11. The fourth-order valence-electron chi connectivity index (χ4n) is 5.42. The summed E-state index contributed by atoms with van der Waals surface area (Å²) < 4.78 is 22.1. The Kier molecular flexibility index (Phi) is 9.45. The summed E-state index contributed by atoms with van der Waals surface area (Å²) in [6.45, 7) is 6.86. The van der Waals surface area contributed by atoms with Crippen LogP contribution < -0.4 is 10.4 Å². The molecule has 2 aromatic carbocycles. The molecule has 190 valence electrons. The average Bonchev–Trinajstić information content (AvgIpc) is 3.09. The highest BCUT2D eigenvalue weighted by Gasteiger charge is 2.52. The van der Waals surface area contributed by atoms with E-state index in [4.69, 9.17) is 9.53 Å². The van der Waals surface area contributed by atoms with E-state index in [9.17, 15) is 9.90 Å². The molecule has 0 saturated heterocycles. The molecular formula is C29H39FO4Si. The molecule has 0 spiro atoms. The van der Waals surface area contributed by atoms with Crippen LogP contribution >= 0.6 is 0 Å². The smallest absolute Gasteiger partial charge is 0.303 e. The molecule has 0 aliphatic heterocycles. The Morgan fingerprint density at radius 1 is 1.03 bits per heavy atom. The summed E-state index contributed by atoms with van der Waals surface area (Å²) in [5, 5.41) is 21.5. The molecule has 1 aliphatic carbocycles. The van der Waals surface area contributed by atoms with Gasteiger partial charge in [-0.15, -0.1) is 0 Å². The first-order valence-electron chi connectivity index (χ1n) is 12.6. The molecule has 1 fully saturated rings. The average molecular weight is 499 g/mol. The van der Waals surface area contributed by atoms with E-state index >= 15 is 4.39 Å². The normalized spacial score (nSPS) is 23.1. The summed E-state index contributed by atoms with van der Waals surface area (Å²) in [5.74, 6) is -1.42. The number of hydrogen-bond donors (Lipinski definition) is 2. The van der Waals surface area contributed by atoms with Gasteiger partial charge in [0, 0.05) is 25.4 Å². The van der Waals surface area contributed by atoms with Crippen LogP contribution in [-0.2, 0) is 9.22 Å². The number of carboxylic acids is 1. The van der Waals surface area contributed by atoms with Gasteiger partial charge in [-0.25, -0.2) is 4.39 Å². The summed E-state index contributed by atoms with van der Waals surface area (Å²) in [5.41, 5.74) is 0. The molecule has 0 radical (unpaired) electrons. The Bertz CT molecular complexity index is 918. The number of aliphatic hydroxyl groups is 1. The van der Waals surface area contributed by atoms with Gasteiger partial charge in [0.05, 0.1) is 6.10 Å². The van der Waals surface area contributed by atoms with E-state index in [1.54, 1.807) is 0 Å². The lowest BCUT2D eigenvalue weighted by Crippen LogP contribution is -2.67. The van der Waals surface area contributed by atoms with Gasteiger partial charge in [0.1, 0.15) is 6.17 Å². The van der Waals surface area contributed by atoms with Gasteiger partial charge < -0.3 is 14.6 Å². The van der Waals surface area contributed by atoms with Gasteiger partial charge in [0.25, 0.3) is 8.32 Å². The lowest BCUT2D eigenvalue weighted by atomic mass is 9.91. The zero-order valence-corrected chi connectivity index (χ0v) is 22.1. The molecule has 4 atom stereocenters. The van der Waals surface area contributed by atoms with E-state index < -0.39 is 32.5 Å². The highest BCUT2D eigenvalue weighted by Crippen LogP contribution is 2.41. The van der Waals surface area contributed by atoms with Crippen molar-refractivity contribution in [3.8, 4) is 0 Å². The molecule has 0 bridgehead atoms. The van der Waals surface area contributed by atoms with Gasteiger partial charge in [0.15, 0.2) is 0 Å². The van der Waals surface area contributed by atoms with Gasteiger partial charge in [-0.05, 0) is 40.6 Å². The van der Waals surface area contributed by atoms with Crippen LogP contribution in [-0.4, -0.2) is 43.4 Å². The molecule has 0 heterocycles. The van der Waals surface area contributed by atoms with Gasteiger partial charge in [-0.1, -0.05) is 93.6 Å². The van der Waals surface area contributed by atoms with Crippen LogP contribution in [0.2, 0.25) is 5.04 Å². The maximum atomic E-state index is 15.2. The third kappa shape index (κ3) is 6.49. The highest BCUT2D eigenvalue weighted by molar-refractivity contribution is 6.99. The zero-order chi connectivity index (χ0) is 25.5. The summed E-state index contributed by atoms with van der Waals surface area (Å²) in [6.07, 6.45) is 4.15. The van der Waals surface area contributed by atoms with E-state index in [0.29, 0.717) is 19.3 Å². The molecule has 4 nitrogen and oxygen atoms in total. The number of hydrogen-bond acceptors (Lipinski definition) is 3. The Morgan fingerprint density at radius 2 is 1.60 bits per heavy atom. The largest absolute Gasteiger partial charge is 0.481 e. The van der Waals surface area contributed by atoms with Gasteiger partial charge in [-0.2, -0.15) is 0 Å². The van der Waals surface area contributed by atoms with E-state index in [0.717, 1.165) is 10.4 Å². The molecule has 1 aliphatic rings. The van der Waals surface area contributed by atoms with Crippen molar-refractivity contribution >= 4 is 24.7 Å². The Labute approximate surface area is 210 Å². The number of carbonyl (C=O) groups is 1. The van der Waals surface area contributed by atoms with Crippen molar-refractivity contribution in [1.82, 2.24) is 0 Å². The minimum absolute atomic E-state index is 0.131. The number of unbranched alkanes of at least 4 members (excludes halogenated alkanes) is 1. The van der Waals surface area contributed by atoms with E-state index in [-0.39, 0.29) is 30.4 Å². The van der Waals surface area contributed by atoms with Crippen LogP contribution in [0.3, 0.4) is 0 Å². The molecule has 1 saturated carbocycles. The molecular weight excluding hydrogens is 459 g/mol. The lowest BCUT2D eigenvalue weighted by Gasteiger charge is -2.44. The molecule has 2 aromatic rings. The van der Waals surface area contributed by atoms with E-state index in [2.05, 4.69) is 45.0 Å². The zero-order valence-electron chi connectivity index (χ0n) is 21.1. The van der Waals surface area contributed by atoms with Crippen molar-refractivity contribution < 1.29 is 23.8 Å². The maximum absolute atomic E-state index is 15.2.